The van der Waals surface area contributed by atoms with Gasteiger partial charge in [-0.05, 0) is 37.5 Å². The molecule has 0 amide bonds. The van der Waals surface area contributed by atoms with E-state index < -0.39 is 0 Å². The number of hydrogen-bond acceptors (Lipinski definition) is 3. The molecule has 0 fully saturated rings. The van der Waals surface area contributed by atoms with E-state index in [4.69, 9.17) is 4.84 Å². The van der Waals surface area contributed by atoms with Crippen LogP contribution in [0.1, 0.15) is 30.0 Å². The minimum Gasteiger partial charge on any atom is -0.507 e. The Morgan fingerprint density at radius 1 is 1.40 bits per heavy atom. The molecule has 3 nitrogen and oxygen atoms in total. The van der Waals surface area contributed by atoms with E-state index >= 15 is 0 Å². The molecule has 0 aromatic heterocycles. The van der Waals surface area contributed by atoms with Gasteiger partial charge in [0, 0.05) is 5.56 Å². The third-order valence-corrected chi connectivity index (χ3v) is 2.28. The number of aryl methyl sites for hydroxylation is 2. The van der Waals surface area contributed by atoms with Gasteiger partial charge in [0.1, 0.15) is 12.9 Å². The Balaban J connectivity index is 3.29. The molecule has 1 rings (SSSR count). The number of rotatable bonds is 3. The summed E-state index contributed by atoms with van der Waals surface area (Å²) in [6.45, 7) is 5.90. The third kappa shape index (κ3) is 2.49. The van der Waals surface area contributed by atoms with Gasteiger partial charge in [-0.1, -0.05) is 18.1 Å². The zero-order valence-electron chi connectivity index (χ0n) is 9.66. The molecular weight excluding hydrogens is 190 g/mol. The summed E-state index contributed by atoms with van der Waals surface area (Å²) in [6.07, 6.45) is 0.727. The van der Waals surface area contributed by atoms with Gasteiger partial charge in [0.05, 0.1) is 5.71 Å². The molecule has 0 saturated heterocycles. The fraction of sp³-hybridized carbons (Fsp3) is 0.417. The first kappa shape index (κ1) is 11.6. The number of benzene rings is 1. The maximum absolute atomic E-state index is 9.86. The number of oxime groups is 1. The Hall–Kier alpha value is -1.51. The molecule has 1 N–H and O–H groups in total. The van der Waals surface area contributed by atoms with Gasteiger partial charge in [0.25, 0.3) is 0 Å². The predicted molar refractivity (Wildman–Crippen MR) is 61.4 cm³/mol. The highest BCUT2D eigenvalue weighted by molar-refractivity contribution is 6.03. The summed E-state index contributed by atoms with van der Waals surface area (Å²) in [7, 11) is 1.51. The highest BCUT2D eigenvalue weighted by Gasteiger charge is 2.11. The molecule has 82 valence electrons. The van der Waals surface area contributed by atoms with Crippen LogP contribution < -0.4 is 0 Å². The largest absolute Gasteiger partial charge is 0.507 e. The van der Waals surface area contributed by atoms with Crippen molar-refractivity contribution in [3.63, 3.8) is 0 Å². The van der Waals surface area contributed by atoms with E-state index in [1.165, 1.54) is 7.11 Å². The van der Waals surface area contributed by atoms with Crippen molar-refractivity contribution in [1.29, 1.82) is 0 Å². The second-order valence-electron chi connectivity index (χ2n) is 3.55. The number of aromatic hydroxyl groups is 1. The fourth-order valence-corrected chi connectivity index (χ4v) is 1.72. The second-order valence-corrected chi connectivity index (χ2v) is 3.55. The highest BCUT2D eigenvalue weighted by Crippen LogP contribution is 2.24. The zero-order valence-corrected chi connectivity index (χ0v) is 9.66. The lowest BCUT2D eigenvalue weighted by Crippen LogP contribution is -2.03. The van der Waals surface area contributed by atoms with Crippen molar-refractivity contribution in [3.05, 3.63) is 28.8 Å². The molecule has 0 aliphatic rings. The third-order valence-electron chi connectivity index (χ3n) is 2.28. The Labute approximate surface area is 90.4 Å². The van der Waals surface area contributed by atoms with Crippen LogP contribution in [0.2, 0.25) is 0 Å². The van der Waals surface area contributed by atoms with Gasteiger partial charge in [-0.2, -0.15) is 0 Å². The van der Waals surface area contributed by atoms with Crippen LogP contribution in [0.25, 0.3) is 0 Å². The molecule has 0 aliphatic heterocycles. The molecule has 0 radical (unpaired) electrons. The molecule has 0 atom stereocenters. The topological polar surface area (TPSA) is 41.8 Å². The molecule has 15 heavy (non-hydrogen) atoms. The van der Waals surface area contributed by atoms with E-state index in [1.807, 2.05) is 26.8 Å². The maximum Gasteiger partial charge on any atom is 0.125 e. The van der Waals surface area contributed by atoms with Gasteiger partial charge in [-0.25, -0.2) is 0 Å². The number of nitrogens with zero attached hydrogens (tertiary/aromatic N) is 1. The van der Waals surface area contributed by atoms with Crippen molar-refractivity contribution < 1.29 is 9.94 Å². The fourth-order valence-electron chi connectivity index (χ4n) is 1.72. The molecule has 0 saturated carbocycles. The Morgan fingerprint density at radius 2 is 2.07 bits per heavy atom. The van der Waals surface area contributed by atoms with Crippen molar-refractivity contribution in [1.82, 2.24) is 0 Å². The predicted octanol–water partition coefficient (Wildman–Crippen LogP) is 2.77. The molecule has 0 heterocycles. The molecule has 1 aromatic rings. The average Bonchev–Trinajstić information content (AvgIpc) is 2.14. The summed E-state index contributed by atoms with van der Waals surface area (Å²) >= 11 is 0. The molecular formula is C12H17NO2. The minimum absolute atomic E-state index is 0.269. The monoisotopic (exact) mass is 207 g/mol. The Morgan fingerprint density at radius 3 is 2.53 bits per heavy atom. The van der Waals surface area contributed by atoms with Gasteiger partial charge >= 0.3 is 0 Å². The lowest BCUT2D eigenvalue weighted by molar-refractivity contribution is 0.213. The summed E-state index contributed by atoms with van der Waals surface area (Å²) in [5.74, 6) is 0.269. The molecule has 1 aromatic carbocycles. The molecule has 3 heteroatoms. The first-order valence-corrected chi connectivity index (χ1v) is 5.00. The van der Waals surface area contributed by atoms with Crippen LogP contribution in [0.4, 0.5) is 0 Å². The van der Waals surface area contributed by atoms with Crippen molar-refractivity contribution in [2.45, 2.75) is 27.2 Å². The van der Waals surface area contributed by atoms with Crippen LogP contribution in [0, 0.1) is 13.8 Å². The number of phenolic OH excluding ortho intramolecular Hbond substituents is 1. The zero-order chi connectivity index (χ0) is 11.4. The molecule has 0 aliphatic carbocycles. The highest BCUT2D eigenvalue weighted by atomic mass is 16.6. The Kier molecular flexibility index (Phi) is 3.72. The average molecular weight is 207 g/mol. The van der Waals surface area contributed by atoms with Crippen molar-refractivity contribution in [2.75, 3.05) is 7.11 Å². The van der Waals surface area contributed by atoms with Gasteiger partial charge in [-0.3, -0.25) is 0 Å². The standard InChI is InChI=1S/C12H17NO2/c1-5-10(13-15-4)12-9(3)6-8(2)7-11(12)14/h6-7,14H,5H2,1-4H3/b13-10+. The van der Waals surface area contributed by atoms with Crippen LogP contribution in [0.3, 0.4) is 0 Å². The van der Waals surface area contributed by atoms with E-state index in [-0.39, 0.29) is 5.75 Å². The summed E-state index contributed by atoms with van der Waals surface area (Å²) in [4.78, 5) is 4.77. The van der Waals surface area contributed by atoms with E-state index in [0.717, 1.165) is 28.8 Å². The summed E-state index contributed by atoms with van der Waals surface area (Å²) in [6, 6.07) is 3.76. The smallest absolute Gasteiger partial charge is 0.125 e. The molecule has 0 spiro atoms. The van der Waals surface area contributed by atoms with Gasteiger partial charge < -0.3 is 9.94 Å². The van der Waals surface area contributed by atoms with Gasteiger partial charge in [-0.15, -0.1) is 0 Å². The van der Waals surface area contributed by atoms with E-state index in [0.29, 0.717) is 0 Å². The van der Waals surface area contributed by atoms with Gasteiger partial charge in [0.15, 0.2) is 0 Å². The number of hydrogen-bond donors (Lipinski definition) is 1. The minimum atomic E-state index is 0.269. The van der Waals surface area contributed by atoms with Crippen molar-refractivity contribution in [3.8, 4) is 5.75 Å². The summed E-state index contributed by atoms with van der Waals surface area (Å²) in [5.41, 5.74) is 3.62. The van der Waals surface area contributed by atoms with Crippen LogP contribution in [-0.2, 0) is 4.84 Å². The van der Waals surface area contributed by atoms with Crippen LogP contribution in [0.15, 0.2) is 17.3 Å². The normalized spacial score (nSPS) is 11.6. The summed E-state index contributed by atoms with van der Waals surface area (Å²) in [5, 5.41) is 13.8. The van der Waals surface area contributed by atoms with E-state index in [9.17, 15) is 5.11 Å². The van der Waals surface area contributed by atoms with Crippen LogP contribution in [0.5, 0.6) is 5.75 Å². The molecule has 0 bridgehead atoms. The summed E-state index contributed by atoms with van der Waals surface area (Å²) < 4.78 is 0. The van der Waals surface area contributed by atoms with Gasteiger partial charge in [0.2, 0.25) is 0 Å². The Bertz CT molecular complexity index is 360. The quantitative estimate of drug-likeness (QED) is 0.611. The molecule has 0 unspecified atom stereocenters. The van der Waals surface area contributed by atoms with Crippen molar-refractivity contribution in [2.24, 2.45) is 5.16 Å². The number of phenols is 1. The lowest BCUT2D eigenvalue weighted by atomic mass is 9.99. The van der Waals surface area contributed by atoms with E-state index in [2.05, 4.69) is 5.16 Å². The van der Waals surface area contributed by atoms with E-state index in [1.54, 1.807) is 6.07 Å². The SMILES string of the molecule is CC/C(=N\OC)c1c(C)cc(C)cc1O. The van der Waals surface area contributed by atoms with Crippen molar-refractivity contribution >= 4 is 5.71 Å². The second kappa shape index (κ2) is 4.82. The first-order chi connectivity index (χ1) is 7.10. The lowest BCUT2D eigenvalue weighted by Gasteiger charge is -2.10. The first-order valence-electron chi connectivity index (χ1n) is 5.00. The van der Waals surface area contributed by atoms with Crippen LogP contribution >= 0.6 is 0 Å². The van der Waals surface area contributed by atoms with Crippen LogP contribution in [-0.4, -0.2) is 17.9 Å². The maximum atomic E-state index is 9.86.